The van der Waals surface area contributed by atoms with E-state index in [0.717, 1.165) is 24.8 Å². The van der Waals surface area contributed by atoms with Crippen LogP contribution in [0.3, 0.4) is 0 Å². The van der Waals surface area contributed by atoms with Crippen LogP contribution in [0, 0.1) is 0 Å². The van der Waals surface area contributed by atoms with Gasteiger partial charge in [0.2, 0.25) is 0 Å². The van der Waals surface area contributed by atoms with Crippen molar-refractivity contribution in [2.75, 3.05) is 40.9 Å². The fourth-order valence-corrected chi connectivity index (χ4v) is 4.88. The first-order valence-electron chi connectivity index (χ1n) is 14.3. The molecule has 1 saturated heterocycles. The standard InChI is InChI=1S/C34H40N2O6/c1-5-6-10-21-41-28-18-15-26(22-29(28)40-4)31-30(33(38)34(39)36(31)20-19-35(2)3)32(37)25-13-16-27(17-14-25)42-23-24-11-8-7-9-12-24/h7-9,11-18,22,31,37H,5-6,10,19-21,23H2,1-4H3/b32-30+. The highest BCUT2D eigenvalue weighted by Crippen LogP contribution is 2.42. The van der Waals surface area contributed by atoms with E-state index >= 15 is 0 Å². The van der Waals surface area contributed by atoms with Crippen LogP contribution in [0.5, 0.6) is 17.2 Å². The van der Waals surface area contributed by atoms with E-state index in [9.17, 15) is 14.7 Å². The number of hydrogen-bond acceptors (Lipinski definition) is 7. The van der Waals surface area contributed by atoms with Crippen LogP contribution in [0.4, 0.5) is 0 Å². The maximum Gasteiger partial charge on any atom is 0.295 e. The zero-order chi connectivity index (χ0) is 30.1. The van der Waals surface area contributed by atoms with Crippen LogP contribution in [0.2, 0.25) is 0 Å². The third-order valence-corrected chi connectivity index (χ3v) is 7.21. The number of hydrogen-bond donors (Lipinski definition) is 1. The molecule has 0 spiro atoms. The van der Waals surface area contributed by atoms with Gasteiger partial charge in [0.15, 0.2) is 11.5 Å². The van der Waals surface area contributed by atoms with Gasteiger partial charge in [0.05, 0.1) is 25.3 Å². The summed E-state index contributed by atoms with van der Waals surface area (Å²) in [4.78, 5) is 30.1. The zero-order valence-corrected chi connectivity index (χ0v) is 24.8. The molecule has 0 saturated carbocycles. The second-order valence-corrected chi connectivity index (χ2v) is 10.6. The van der Waals surface area contributed by atoms with Gasteiger partial charge in [-0.2, -0.15) is 0 Å². The van der Waals surface area contributed by atoms with E-state index in [4.69, 9.17) is 14.2 Å². The topological polar surface area (TPSA) is 88.5 Å². The first-order valence-corrected chi connectivity index (χ1v) is 14.3. The van der Waals surface area contributed by atoms with Gasteiger partial charge in [-0.15, -0.1) is 0 Å². The van der Waals surface area contributed by atoms with Gasteiger partial charge in [-0.25, -0.2) is 0 Å². The van der Waals surface area contributed by atoms with Crippen molar-refractivity contribution in [2.45, 2.75) is 38.8 Å². The molecule has 4 rings (SSSR count). The summed E-state index contributed by atoms with van der Waals surface area (Å²) in [5, 5.41) is 11.5. The predicted octanol–water partition coefficient (Wildman–Crippen LogP) is 5.83. The first kappa shape index (κ1) is 30.7. The molecule has 3 aromatic rings. The Labute approximate surface area is 248 Å². The van der Waals surface area contributed by atoms with Crippen LogP contribution in [0.1, 0.15) is 48.9 Å². The predicted molar refractivity (Wildman–Crippen MR) is 163 cm³/mol. The fourth-order valence-electron chi connectivity index (χ4n) is 4.88. The Morgan fingerprint density at radius 2 is 1.67 bits per heavy atom. The fraction of sp³-hybridized carbons (Fsp3) is 0.353. The minimum Gasteiger partial charge on any atom is -0.507 e. The average molecular weight is 573 g/mol. The second-order valence-electron chi connectivity index (χ2n) is 10.6. The third kappa shape index (κ3) is 7.31. The number of likely N-dealkylation sites (tertiary alicyclic amines) is 1. The monoisotopic (exact) mass is 572 g/mol. The smallest absolute Gasteiger partial charge is 0.295 e. The van der Waals surface area contributed by atoms with Crippen molar-refractivity contribution < 1.29 is 28.9 Å². The molecular weight excluding hydrogens is 532 g/mol. The van der Waals surface area contributed by atoms with Crippen LogP contribution < -0.4 is 14.2 Å². The van der Waals surface area contributed by atoms with E-state index in [0.29, 0.717) is 54.7 Å². The molecule has 1 fully saturated rings. The van der Waals surface area contributed by atoms with E-state index in [1.807, 2.05) is 55.4 Å². The largest absolute Gasteiger partial charge is 0.507 e. The molecule has 222 valence electrons. The van der Waals surface area contributed by atoms with Crippen molar-refractivity contribution in [1.82, 2.24) is 9.80 Å². The summed E-state index contributed by atoms with van der Waals surface area (Å²) in [5.74, 6) is 0.109. The van der Waals surface area contributed by atoms with Crippen LogP contribution in [0.25, 0.3) is 5.76 Å². The van der Waals surface area contributed by atoms with E-state index in [1.54, 1.807) is 43.5 Å². The molecule has 1 unspecified atom stereocenters. The lowest BCUT2D eigenvalue weighted by molar-refractivity contribution is -0.140. The lowest BCUT2D eigenvalue weighted by atomic mass is 9.95. The number of likely N-dealkylation sites (N-methyl/N-ethyl adjacent to an activating group) is 1. The third-order valence-electron chi connectivity index (χ3n) is 7.21. The van der Waals surface area contributed by atoms with Crippen LogP contribution in [0.15, 0.2) is 78.4 Å². The van der Waals surface area contributed by atoms with Gasteiger partial charge in [-0.1, -0.05) is 56.2 Å². The molecule has 1 aliphatic heterocycles. The second kappa shape index (κ2) is 14.5. The molecule has 1 heterocycles. The number of rotatable bonds is 14. The van der Waals surface area contributed by atoms with E-state index in [-0.39, 0.29) is 11.3 Å². The number of benzene rings is 3. The van der Waals surface area contributed by atoms with Crippen molar-refractivity contribution >= 4 is 17.4 Å². The highest BCUT2D eigenvalue weighted by Gasteiger charge is 2.46. The van der Waals surface area contributed by atoms with E-state index in [1.165, 1.54) is 4.90 Å². The average Bonchev–Trinajstić information content (AvgIpc) is 3.26. The molecule has 0 aliphatic carbocycles. The van der Waals surface area contributed by atoms with Gasteiger partial charge < -0.3 is 29.1 Å². The molecule has 0 bridgehead atoms. The number of unbranched alkanes of at least 4 members (excludes halogenated alkanes) is 2. The maximum absolute atomic E-state index is 13.4. The summed E-state index contributed by atoms with van der Waals surface area (Å²) in [6.45, 7) is 3.96. The minimum absolute atomic E-state index is 0.0374. The molecule has 8 heteroatoms. The lowest BCUT2D eigenvalue weighted by Crippen LogP contribution is -2.35. The van der Waals surface area contributed by atoms with Gasteiger partial charge in [-0.05, 0) is 68.0 Å². The number of ether oxygens (including phenoxy) is 3. The Bertz CT molecular complexity index is 1380. The Morgan fingerprint density at radius 3 is 2.33 bits per heavy atom. The number of methoxy groups -OCH3 is 1. The Kier molecular flexibility index (Phi) is 10.6. The summed E-state index contributed by atoms with van der Waals surface area (Å²) in [6, 6.07) is 21.3. The minimum atomic E-state index is -0.790. The van der Waals surface area contributed by atoms with Gasteiger partial charge in [0, 0.05) is 18.7 Å². The maximum atomic E-state index is 13.4. The molecule has 42 heavy (non-hydrogen) atoms. The molecule has 1 N–H and O–H groups in total. The summed E-state index contributed by atoms with van der Waals surface area (Å²) >= 11 is 0. The van der Waals surface area contributed by atoms with E-state index < -0.39 is 17.7 Å². The van der Waals surface area contributed by atoms with Crippen LogP contribution in [-0.4, -0.2) is 67.5 Å². The Morgan fingerprint density at radius 1 is 0.929 bits per heavy atom. The number of carbonyl (C=O) groups is 2. The normalized spacial score (nSPS) is 16.2. The van der Waals surface area contributed by atoms with Gasteiger partial charge in [0.25, 0.3) is 11.7 Å². The molecule has 1 aliphatic rings. The number of amides is 1. The van der Waals surface area contributed by atoms with Gasteiger partial charge in [-0.3, -0.25) is 9.59 Å². The SMILES string of the molecule is CCCCCOc1ccc(C2/C(=C(\O)c3ccc(OCc4ccccc4)cc3)C(=O)C(=O)N2CCN(C)C)cc1OC. The van der Waals surface area contributed by atoms with Crippen molar-refractivity contribution in [2.24, 2.45) is 0 Å². The Balaban J connectivity index is 1.66. The number of nitrogens with zero attached hydrogens (tertiary/aromatic N) is 2. The van der Waals surface area contributed by atoms with Crippen molar-refractivity contribution in [3.8, 4) is 17.2 Å². The molecule has 3 aromatic carbocycles. The number of aliphatic hydroxyl groups is 1. The van der Waals surface area contributed by atoms with E-state index in [2.05, 4.69) is 6.92 Å². The highest BCUT2D eigenvalue weighted by molar-refractivity contribution is 6.46. The number of aliphatic hydroxyl groups excluding tert-OH is 1. The quantitative estimate of drug-likeness (QED) is 0.113. The summed E-state index contributed by atoms with van der Waals surface area (Å²) in [5.41, 5.74) is 2.14. The van der Waals surface area contributed by atoms with Crippen LogP contribution in [-0.2, 0) is 16.2 Å². The van der Waals surface area contributed by atoms with Crippen molar-refractivity contribution in [3.05, 3.63) is 95.1 Å². The number of ketones is 1. The molecule has 1 atom stereocenters. The molecule has 0 radical (unpaired) electrons. The number of carbonyl (C=O) groups excluding carboxylic acids is 2. The Hall–Kier alpha value is -4.30. The lowest BCUT2D eigenvalue weighted by Gasteiger charge is -2.27. The van der Waals surface area contributed by atoms with Gasteiger partial charge >= 0.3 is 0 Å². The molecule has 0 aromatic heterocycles. The van der Waals surface area contributed by atoms with Gasteiger partial charge in [0.1, 0.15) is 18.1 Å². The first-order chi connectivity index (χ1) is 20.3. The summed E-state index contributed by atoms with van der Waals surface area (Å²) in [6.07, 6.45) is 3.09. The zero-order valence-electron chi connectivity index (χ0n) is 24.8. The summed E-state index contributed by atoms with van der Waals surface area (Å²) in [7, 11) is 5.36. The number of Topliss-reactive ketones (excluding diaryl/α,β-unsaturated/α-hetero) is 1. The van der Waals surface area contributed by atoms with Crippen molar-refractivity contribution in [3.63, 3.8) is 0 Å². The molecule has 8 nitrogen and oxygen atoms in total. The molecule has 1 amide bonds. The van der Waals surface area contributed by atoms with Crippen molar-refractivity contribution in [1.29, 1.82) is 0 Å². The van der Waals surface area contributed by atoms with Crippen LogP contribution >= 0.6 is 0 Å². The highest BCUT2D eigenvalue weighted by atomic mass is 16.5. The summed E-state index contributed by atoms with van der Waals surface area (Å²) < 4.78 is 17.4. The molecular formula is C34H40N2O6.